The lowest BCUT2D eigenvalue weighted by molar-refractivity contribution is -0.149. The minimum Gasteiger partial charge on any atom is -0.466 e. The molecule has 0 radical (unpaired) electrons. The molecular weight excluding hydrogens is 268 g/mol. The Morgan fingerprint density at radius 1 is 1.33 bits per heavy atom. The van der Waals surface area contributed by atoms with Gasteiger partial charge in [0.05, 0.1) is 25.2 Å². The molecule has 122 valence electrons. The van der Waals surface area contributed by atoms with Gasteiger partial charge >= 0.3 is 5.97 Å². The van der Waals surface area contributed by atoms with Gasteiger partial charge in [-0.25, -0.2) is 0 Å². The zero-order valence-corrected chi connectivity index (χ0v) is 13.7. The van der Waals surface area contributed by atoms with Gasteiger partial charge in [-0.05, 0) is 53.2 Å². The van der Waals surface area contributed by atoms with E-state index in [0.29, 0.717) is 18.8 Å². The van der Waals surface area contributed by atoms with Crippen LogP contribution in [0, 0.1) is 5.92 Å². The molecule has 2 unspecified atom stereocenters. The zero-order chi connectivity index (χ0) is 15.2. The molecule has 5 heteroatoms. The molecule has 5 nitrogen and oxygen atoms in total. The molecule has 0 spiro atoms. The van der Waals surface area contributed by atoms with Crippen LogP contribution in [0.2, 0.25) is 0 Å². The number of hydrogen-bond donors (Lipinski definition) is 0. The van der Waals surface area contributed by atoms with Gasteiger partial charge in [-0.1, -0.05) is 0 Å². The van der Waals surface area contributed by atoms with Crippen LogP contribution in [-0.2, 0) is 14.3 Å². The van der Waals surface area contributed by atoms with Crippen molar-refractivity contribution in [2.45, 2.75) is 45.3 Å². The number of morpholine rings is 1. The lowest BCUT2D eigenvalue weighted by Gasteiger charge is -2.38. The number of carbonyl (C=O) groups excluding carboxylic acids is 1. The van der Waals surface area contributed by atoms with E-state index in [0.717, 1.165) is 52.0 Å². The molecule has 2 atom stereocenters. The fourth-order valence-electron chi connectivity index (χ4n) is 3.37. The second-order valence-electron chi connectivity index (χ2n) is 6.40. The summed E-state index contributed by atoms with van der Waals surface area (Å²) in [7, 11) is 2.16. The summed E-state index contributed by atoms with van der Waals surface area (Å²) in [5.41, 5.74) is 0. The number of piperidine rings is 1. The first kappa shape index (κ1) is 16.7. The highest BCUT2D eigenvalue weighted by Crippen LogP contribution is 2.22. The van der Waals surface area contributed by atoms with Crippen molar-refractivity contribution >= 4 is 5.97 Å². The van der Waals surface area contributed by atoms with Crippen molar-refractivity contribution < 1.29 is 14.3 Å². The molecule has 0 N–H and O–H groups in total. The van der Waals surface area contributed by atoms with Crippen LogP contribution in [0.3, 0.4) is 0 Å². The van der Waals surface area contributed by atoms with Gasteiger partial charge in [0.2, 0.25) is 0 Å². The maximum absolute atomic E-state index is 11.8. The molecular formula is C16H30N2O3. The Labute approximate surface area is 128 Å². The molecule has 2 aliphatic rings. The van der Waals surface area contributed by atoms with Crippen LogP contribution in [0.15, 0.2) is 0 Å². The van der Waals surface area contributed by atoms with Crippen molar-refractivity contribution in [3.8, 4) is 0 Å². The third-order valence-electron chi connectivity index (χ3n) is 4.72. The fraction of sp³-hybridized carbons (Fsp3) is 0.938. The zero-order valence-electron chi connectivity index (χ0n) is 13.7. The highest BCUT2D eigenvalue weighted by molar-refractivity contribution is 5.72. The van der Waals surface area contributed by atoms with Crippen molar-refractivity contribution in [3.63, 3.8) is 0 Å². The number of hydrogen-bond acceptors (Lipinski definition) is 5. The van der Waals surface area contributed by atoms with Crippen LogP contribution < -0.4 is 0 Å². The molecule has 2 saturated heterocycles. The molecule has 0 aromatic carbocycles. The molecule has 0 amide bonds. The highest BCUT2D eigenvalue weighted by atomic mass is 16.5. The first-order valence-corrected chi connectivity index (χ1v) is 8.31. The maximum Gasteiger partial charge on any atom is 0.309 e. The van der Waals surface area contributed by atoms with Crippen molar-refractivity contribution in [1.82, 2.24) is 9.80 Å². The molecule has 0 saturated carbocycles. The third-order valence-corrected chi connectivity index (χ3v) is 4.72. The smallest absolute Gasteiger partial charge is 0.309 e. The first-order valence-electron chi connectivity index (χ1n) is 8.31. The summed E-state index contributed by atoms with van der Waals surface area (Å²) in [6.45, 7) is 9.54. The van der Waals surface area contributed by atoms with E-state index in [1.54, 1.807) is 0 Å². The van der Waals surface area contributed by atoms with E-state index in [1.165, 1.54) is 0 Å². The lowest BCUT2D eigenvalue weighted by atomic mass is 9.95. The number of nitrogens with zero attached hydrogens (tertiary/aromatic N) is 2. The minimum absolute atomic E-state index is 0.0120. The second kappa shape index (κ2) is 8.11. The van der Waals surface area contributed by atoms with Crippen LogP contribution in [0.25, 0.3) is 0 Å². The number of carbonyl (C=O) groups is 1. The van der Waals surface area contributed by atoms with Gasteiger partial charge in [0.1, 0.15) is 0 Å². The number of rotatable bonds is 5. The van der Waals surface area contributed by atoms with Gasteiger partial charge in [0, 0.05) is 19.1 Å². The average Bonchev–Trinajstić information content (AvgIpc) is 2.47. The number of ether oxygens (including phenoxy) is 2. The third kappa shape index (κ3) is 4.94. The molecule has 2 fully saturated rings. The van der Waals surface area contributed by atoms with Gasteiger partial charge in [0.15, 0.2) is 0 Å². The van der Waals surface area contributed by atoms with Crippen molar-refractivity contribution in [2.75, 3.05) is 46.4 Å². The number of likely N-dealkylation sites (N-methyl/N-ethyl adjacent to an activating group) is 1. The Kier molecular flexibility index (Phi) is 6.45. The van der Waals surface area contributed by atoms with Gasteiger partial charge < -0.3 is 19.3 Å². The van der Waals surface area contributed by atoms with E-state index in [1.807, 2.05) is 6.92 Å². The standard InChI is InChI=1S/C16H30N2O3/c1-4-20-16(19)14-5-7-18(8-6-14)13(2)11-15-12-17(3)9-10-21-15/h13-15H,4-12H2,1-3H3. The van der Waals surface area contributed by atoms with Gasteiger partial charge in [-0.2, -0.15) is 0 Å². The summed E-state index contributed by atoms with van der Waals surface area (Å²) >= 11 is 0. The number of esters is 1. The monoisotopic (exact) mass is 298 g/mol. The summed E-state index contributed by atoms with van der Waals surface area (Å²) in [4.78, 5) is 16.6. The highest BCUT2D eigenvalue weighted by Gasteiger charge is 2.29. The Hall–Kier alpha value is -0.650. The predicted octanol–water partition coefficient (Wildman–Crippen LogP) is 1.37. The molecule has 2 aliphatic heterocycles. The Bertz CT molecular complexity index is 329. The van der Waals surface area contributed by atoms with Crippen LogP contribution in [-0.4, -0.2) is 74.4 Å². The Morgan fingerprint density at radius 3 is 2.67 bits per heavy atom. The average molecular weight is 298 g/mol. The summed E-state index contributed by atoms with van der Waals surface area (Å²) in [5, 5.41) is 0. The van der Waals surface area contributed by atoms with E-state index < -0.39 is 0 Å². The normalized spacial score (nSPS) is 27.5. The van der Waals surface area contributed by atoms with Crippen LogP contribution in [0.5, 0.6) is 0 Å². The topological polar surface area (TPSA) is 42.0 Å². The second-order valence-corrected chi connectivity index (χ2v) is 6.40. The van der Waals surface area contributed by atoms with Gasteiger partial charge in [-0.15, -0.1) is 0 Å². The quantitative estimate of drug-likeness (QED) is 0.717. The molecule has 2 rings (SSSR count). The van der Waals surface area contributed by atoms with Gasteiger partial charge in [0.25, 0.3) is 0 Å². The first-order chi connectivity index (χ1) is 10.1. The summed E-state index contributed by atoms with van der Waals surface area (Å²) in [6.07, 6.45) is 3.28. The summed E-state index contributed by atoms with van der Waals surface area (Å²) in [5.74, 6) is 0.0903. The fourth-order valence-corrected chi connectivity index (χ4v) is 3.37. The number of likely N-dealkylation sites (tertiary alicyclic amines) is 1. The Morgan fingerprint density at radius 2 is 2.05 bits per heavy atom. The largest absolute Gasteiger partial charge is 0.466 e. The van der Waals surface area contributed by atoms with Crippen LogP contribution >= 0.6 is 0 Å². The van der Waals surface area contributed by atoms with Crippen LogP contribution in [0.4, 0.5) is 0 Å². The summed E-state index contributed by atoms with van der Waals surface area (Å²) < 4.78 is 11.0. The van der Waals surface area contributed by atoms with Crippen molar-refractivity contribution in [2.24, 2.45) is 5.92 Å². The molecule has 0 bridgehead atoms. The lowest BCUT2D eigenvalue weighted by Crippen LogP contribution is -2.46. The van der Waals surface area contributed by atoms with E-state index >= 15 is 0 Å². The summed E-state index contributed by atoms with van der Waals surface area (Å²) in [6, 6.07) is 0.518. The van der Waals surface area contributed by atoms with E-state index in [4.69, 9.17) is 9.47 Å². The molecule has 0 aromatic heterocycles. The molecule has 0 aliphatic carbocycles. The molecule has 2 heterocycles. The van der Waals surface area contributed by atoms with Crippen molar-refractivity contribution in [3.05, 3.63) is 0 Å². The minimum atomic E-state index is -0.0120. The van der Waals surface area contributed by atoms with Crippen LogP contribution in [0.1, 0.15) is 33.1 Å². The predicted molar refractivity (Wildman–Crippen MR) is 82.2 cm³/mol. The van der Waals surface area contributed by atoms with Gasteiger partial charge in [-0.3, -0.25) is 4.79 Å². The molecule has 21 heavy (non-hydrogen) atoms. The van der Waals surface area contributed by atoms with E-state index in [2.05, 4.69) is 23.8 Å². The maximum atomic E-state index is 11.8. The van der Waals surface area contributed by atoms with E-state index in [9.17, 15) is 4.79 Å². The van der Waals surface area contributed by atoms with Crippen molar-refractivity contribution in [1.29, 1.82) is 0 Å². The van der Waals surface area contributed by atoms with E-state index in [-0.39, 0.29) is 11.9 Å². The SMILES string of the molecule is CCOC(=O)C1CCN(C(C)CC2CN(C)CCO2)CC1. The Balaban J connectivity index is 1.72. The molecule has 0 aromatic rings.